The van der Waals surface area contributed by atoms with Crippen molar-refractivity contribution in [1.82, 2.24) is 5.32 Å². The van der Waals surface area contributed by atoms with Crippen LogP contribution in [0.5, 0.6) is 0 Å². The minimum absolute atomic E-state index is 0.0872. The average molecular weight is 1020 g/mol. The maximum Gasteiger partial charge on any atom is 0.220 e. The number of carbonyl (C=O) groups is 1. The van der Waals surface area contributed by atoms with Gasteiger partial charge in [0, 0.05) is 6.42 Å². The Labute approximate surface area is 460 Å². The zero-order valence-corrected chi connectivity index (χ0v) is 48.8. The number of aliphatic hydroxyl groups excluding tert-OH is 2. The molecule has 1 amide bonds. The van der Waals surface area contributed by atoms with Crippen LogP contribution < -0.4 is 5.32 Å². The number of unbranched alkanes of at least 4 members (excludes halogenated alkanes) is 32. The molecule has 2 atom stereocenters. The predicted molar refractivity (Wildman–Crippen MR) is 331 cm³/mol. The second-order valence-corrected chi connectivity index (χ2v) is 21.1. The Bertz CT molecular complexity index is 1440. The van der Waals surface area contributed by atoms with Crippen molar-refractivity contribution in [1.29, 1.82) is 0 Å². The minimum atomic E-state index is -0.883. The Balaban J connectivity index is 3.60. The monoisotopic (exact) mass is 1020 g/mol. The van der Waals surface area contributed by atoms with E-state index in [0.717, 1.165) is 89.9 Å². The predicted octanol–water partition coefficient (Wildman–Crippen LogP) is 21.6. The summed E-state index contributed by atoms with van der Waals surface area (Å²) in [6.45, 7) is 4.19. The zero-order chi connectivity index (χ0) is 53.4. The highest BCUT2D eigenvalue weighted by Gasteiger charge is 2.18. The Hall–Kier alpha value is -3.21. The number of carbonyl (C=O) groups excluding carboxylic acids is 1. The average Bonchev–Trinajstić information content (AvgIpc) is 3.40. The molecule has 3 N–H and O–H groups in total. The van der Waals surface area contributed by atoms with E-state index in [-0.39, 0.29) is 12.5 Å². The molecule has 0 bridgehead atoms. The largest absolute Gasteiger partial charge is 0.394 e. The van der Waals surface area contributed by atoms with E-state index in [4.69, 9.17) is 0 Å². The first-order valence-electron chi connectivity index (χ1n) is 31.7. The SMILES string of the molecule is CC/C=C\C/C=C\C/C=C\C/C=C\C/C=C\C/C=C\C/C=C\CCCCCCCCCCCC(=O)NC(CO)C(O)/C=C/CC/C=C/CC/C=C/CCCCCCCCCCCCCCCCCCCCCCC. The Morgan fingerprint density at radius 1 is 0.338 bits per heavy atom. The van der Waals surface area contributed by atoms with Crippen molar-refractivity contribution in [2.45, 2.75) is 309 Å². The molecule has 0 aliphatic carbocycles. The van der Waals surface area contributed by atoms with E-state index in [9.17, 15) is 15.0 Å². The third-order valence-electron chi connectivity index (χ3n) is 13.9. The molecule has 0 heterocycles. The number of allylic oxidation sites excluding steroid dienone is 19. The molecule has 0 rings (SSSR count). The maximum atomic E-state index is 12.5. The van der Waals surface area contributed by atoms with Gasteiger partial charge in [-0.2, -0.15) is 0 Å². The van der Waals surface area contributed by atoms with Gasteiger partial charge in [0.05, 0.1) is 18.8 Å². The van der Waals surface area contributed by atoms with Crippen molar-refractivity contribution in [3.05, 3.63) is 122 Å². The number of hydrogen-bond acceptors (Lipinski definition) is 3. The van der Waals surface area contributed by atoms with E-state index < -0.39 is 12.1 Å². The van der Waals surface area contributed by atoms with Crippen LogP contribution in [0.2, 0.25) is 0 Å². The van der Waals surface area contributed by atoms with Gasteiger partial charge in [0.1, 0.15) is 0 Å². The van der Waals surface area contributed by atoms with Crippen LogP contribution in [0.3, 0.4) is 0 Å². The van der Waals surface area contributed by atoms with Gasteiger partial charge in [-0.25, -0.2) is 0 Å². The van der Waals surface area contributed by atoms with Crippen molar-refractivity contribution in [3.8, 4) is 0 Å². The highest BCUT2D eigenvalue weighted by molar-refractivity contribution is 5.76. The summed E-state index contributed by atoms with van der Waals surface area (Å²) in [4.78, 5) is 12.5. The van der Waals surface area contributed by atoms with Crippen molar-refractivity contribution in [3.63, 3.8) is 0 Å². The summed E-state index contributed by atoms with van der Waals surface area (Å²) in [6.07, 6.45) is 98.2. The van der Waals surface area contributed by atoms with Gasteiger partial charge in [-0.3, -0.25) is 4.79 Å². The summed E-state index contributed by atoms with van der Waals surface area (Å²) in [5.41, 5.74) is 0. The van der Waals surface area contributed by atoms with E-state index in [1.54, 1.807) is 6.08 Å². The van der Waals surface area contributed by atoms with Gasteiger partial charge in [0.25, 0.3) is 0 Å². The molecule has 0 aromatic carbocycles. The molecule has 0 saturated heterocycles. The molecule has 4 nitrogen and oxygen atoms in total. The molecule has 0 radical (unpaired) electrons. The van der Waals surface area contributed by atoms with E-state index in [2.05, 4.69) is 129 Å². The summed E-state index contributed by atoms with van der Waals surface area (Å²) in [5, 5.41) is 23.2. The van der Waals surface area contributed by atoms with Crippen molar-refractivity contribution in [2.24, 2.45) is 0 Å². The number of aliphatic hydroxyl groups is 2. The molecule has 0 aromatic heterocycles. The first kappa shape index (κ1) is 70.8. The van der Waals surface area contributed by atoms with Crippen molar-refractivity contribution < 1.29 is 15.0 Å². The molecule has 0 spiro atoms. The van der Waals surface area contributed by atoms with Crippen LogP contribution in [0.1, 0.15) is 296 Å². The number of nitrogens with one attached hydrogen (secondary N) is 1. The zero-order valence-electron chi connectivity index (χ0n) is 48.8. The lowest BCUT2D eigenvalue weighted by Crippen LogP contribution is -2.45. The van der Waals surface area contributed by atoms with Crippen LogP contribution in [-0.4, -0.2) is 34.9 Å². The smallest absolute Gasteiger partial charge is 0.220 e. The van der Waals surface area contributed by atoms with Crippen molar-refractivity contribution in [2.75, 3.05) is 6.61 Å². The van der Waals surface area contributed by atoms with E-state index >= 15 is 0 Å². The summed E-state index contributed by atoms with van der Waals surface area (Å²) in [5.74, 6) is -0.0872. The van der Waals surface area contributed by atoms with Gasteiger partial charge in [-0.15, -0.1) is 0 Å². The van der Waals surface area contributed by atoms with Gasteiger partial charge in [0.2, 0.25) is 5.91 Å². The first-order valence-corrected chi connectivity index (χ1v) is 31.7. The summed E-state index contributed by atoms with van der Waals surface area (Å²) in [6, 6.07) is -0.660. The Kier molecular flexibility index (Phi) is 61.3. The molecule has 0 aliphatic heterocycles. The molecular formula is C70H121NO3. The molecule has 0 aliphatic rings. The van der Waals surface area contributed by atoms with Crippen LogP contribution in [0, 0.1) is 0 Å². The third kappa shape index (κ3) is 59.7. The highest BCUT2D eigenvalue weighted by atomic mass is 16.3. The van der Waals surface area contributed by atoms with Gasteiger partial charge in [0.15, 0.2) is 0 Å². The van der Waals surface area contributed by atoms with Gasteiger partial charge in [-0.1, -0.05) is 309 Å². The Morgan fingerprint density at radius 2 is 0.608 bits per heavy atom. The molecule has 0 saturated carbocycles. The van der Waals surface area contributed by atoms with Crippen molar-refractivity contribution >= 4 is 5.91 Å². The topological polar surface area (TPSA) is 69.6 Å². The normalized spacial score (nSPS) is 13.6. The van der Waals surface area contributed by atoms with Crippen LogP contribution in [-0.2, 0) is 4.79 Å². The van der Waals surface area contributed by atoms with Gasteiger partial charge in [-0.05, 0) is 103 Å². The summed E-state index contributed by atoms with van der Waals surface area (Å²) in [7, 11) is 0. The molecule has 74 heavy (non-hydrogen) atoms. The fourth-order valence-corrected chi connectivity index (χ4v) is 9.13. The molecule has 0 fully saturated rings. The standard InChI is InChI=1S/C70H121NO3/c1-3-5-7-9-11-13-15-17-19-21-23-25-27-29-31-33-35-37-39-41-43-45-47-49-51-53-55-57-59-61-63-65-69(73)68(67-72)71-70(74)66-64-62-60-58-56-54-52-50-48-46-44-42-40-38-36-34-32-30-28-26-24-22-20-18-16-14-12-10-8-6-4-2/h6,8,12,14,18,20,24,26,30,32,36,38,42,44,47,49,55,57,63,65,68-69,72-73H,3-5,7,9-11,13,15-17,19,21-23,25,27-29,31,33-35,37,39-41,43,45-46,48,50-54,56,58-62,64,66-67H2,1-2H3,(H,71,74)/b8-6-,14-12-,20-18-,26-24-,32-30-,38-36-,44-42-,49-47+,57-55+,65-63+. The van der Waals surface area contributed by atoms with Gasteiger partial charge < -0.3 is 15.5 Å². The van der Waals surface area contributed by atoms with Gasteiger partial charge >= 0.3 is 0 Å². The van der Waals surface area contributed by atoms with Crippen LogP contribution >= 0.6 is 0 Å². The molecular weight excluding hydrogens is 903 g/mol. The number of amides is 1. The van der Waals surface area contributed by atoms with E-state index in [0.29, 0.717) is 6.42 Å². The minimum Gasteiger partial charge on any atom is -0.394 e. The van der Waals surface area contributed by atoms with E-state index in [1.165, 1.54) is 186 Å². The fraction of sp³-hybridized carbons (Fsp3) is 0.700. The number of hydrogen-bond donors (Lipinski definition) is 3. The van der Waals surface area contributed by atoms with Crippen LogP contribution in [0.25, 0.3) is 0 Å². The maximum absolute atomic E-state index is 12.5. The Morgan fingerprint density at radius 3 is 0.946 bits per heavy atom. The lowest BCUT2D eigenvalue weighted by Gasteiger charge is -2.19. The molecule has 2 unspecified atom stereocenters. The molecule has 0 aromatic rings. The lowest BCUT2D eigenvalue weighted by atomic mass is 10.0. The fourth-order valence-electron chi connectivity index (χ4n) is 9.13. The first-order chi connectivity index (χ1) is 36.7. The number of rotatable bonds is 57. The summed E-state index contributed by atoms with van der Waals surface area (Å²) >= 11 is 0. The van der Waals surface area contributed by atoms with E-state index in [1.807, 2.05) is 6.08 Å². The molecule has 4 heteroatoms. The van der Waals surface area contributed by atoms with Crippen LogP contribution in [0.4, 0.5) is 0 Å². The second-order valence-electron chi connectivity index (χ2n) is 21.1. The highest BCUT2D eigenvalue weighted by Crippen LogP contribution is 2.16. The molecule has 424 valence electrons. The van der Waals surface area contributed by atoms with Crippen LogP contribution in [0.15, 0.2) is 122 Å². The lowest BCUT2D eigenvalue weighted by molar-refractivity contribution is -0.123. The second kappa shape index (κ2) is 64.1. The third-order valence-corrected chi connectivity index (χ3v) is 13.9. The quantitative estimate of drug-likeness (QED) is 0.0420. The summed E-state index contributed by atoms with van der Waals surface area (Å²) < 4.78 is 0.